The van der Waals surface area contributed by atoms with Gasteiger partial charge in [0.15, 0.2) is 0 Å². The van der Waals surface area contributed by atoms with E-state index in [1.54, 1.807) is 0 Å². The molecule has 5 rings (SSSR count). The van der Waals surface area contributed by atoms with Gasteiger partial charge in [-0.2, -0.15) is 0 Å². The number of carbonyl (C=O) groups excluding carboxylic acids is 1. The summed E-state index contributed by atoms with van der Waals surface area (Å²) >= 11 is 0. The Morgan fingerprint density at radius 2 is 1.88 bits per heavy atom. The van der Waals surface area contributed by atoms with Crippen LogP contribution >= 0.6 is 0 Å². The molecular weight excluding hydrogens is 308 g/mol. The lowest BCUT2D eigenvalue weighted by molar-refractivity contribution is -0.145. The molecule has 0 N–H and O–H groups in total. The van der Waals surface area contributed by atoms with Crippen LogP contribution in [0.2, 0.25) is 0 Å². The van der Waals surface area contributed by atoms with Crippen LogP contribution in [-0.2, 0) is 11.3 Å². The van der Waals surface area contributed by atoms with Gasteiger partial charge < -0.3 is 4.90 Å². The van der Waals surface area contributed by atoms with Crippen LogP contribution in [0.25, 0.3) is 10.8 Å². The van der Waals surface area contributed by atoms with E-state index in [-0.39, 0.29) is 0 Å². The minimum absolute atomic E-state index is 0.411. The highest BCUT2D eigenvalue weighted by Crippen LogP contribution is 2.38. The zero-order valence-electron chi connectivity index (χ0n) is 14.7. The van der Waals surface area contributed by atoms with Gasteiger partial charge in [-0.1, -0.05) is 42.5 Å². The Morgan fingerprint density at radius 3 is 2.84 bits per heavy atom. The molecule has 3 aliphatic heterocycles. The smallest absolute Gasteiger partial charge is 0.222 e. The number of fused-ring (bicyclic) bond motifs is 5. The van der Waals surface area contributed by atoms with Crippen molar-refractivity contribution in [2.24, 2.45) is 11.8 Å². The van der Waals surface area contributed by atoms with Gasteiger partial charge in [0.2, 0.25) is 5.91 Å². The van der Waals surface area contributed by atoms with E-state index < -0.39 is 0 Å². The first-order valence-electron chi connectivity index (χ1n) is 9.76. The highest BCUT2D eigenvalue weighted by atomic mass is 16.2. The lowest BCUT2D eigenvalue weighted by Gasteiger charge is -2.52. The molecule has 3 saturated heterocycles. The molecule has 3 fully saturated rings. The van der Waals surface area contributed by atoms with Crippen molar-refractivity contribution in [1.82, 2.24) is 9.80 Å². The largest absolute Gasteiger partial charge is 0.339 e. The van der Waals surface area contributed by atoms with Gasteiger partial charge in [0.25, 0.3) is 0 Å². The Bertz CT molecular complexity index is 796. The van der Waals surface area contributed by atoms with Gasteiger partial charge in [-0.3, -0.25) is 9.69 Å². The van der Waals surface area contributed by atoms with E-state index in [4.69, 9.17) is 0 Å². The summed E-state index contributed by atoms with van der Waals surface area (Å²) in [6.45, 7) is 4.31. The van der Waals surface area contributed by atoms with E-state index in [0.717, 1.165) is 39.0 Å². The van der Waals surface area contributed by atoms with E-state index in [1.165, 1.54) is 29.2 Å². The summed E-state index contributed by atoms with van der Waals surface area (Å²) in [4.78, 5) is 17.2. The van der Waals surface area contributed by atoms with Crippen molar-refractivity contribution < 1.29 is 4.79 Å². The summed E-state index contributed by atoms with van der Waals surface area (Å²) in [5, 5.41) is 2.72. The molecule has 3 heterocycles. The Labute approximate surface area is 149 Å². The van der Waals surface area contributed by atoms with Crippen LogP contribution in [0.15, 0.2) is 42.5 Å². The number of piperidine rings is 3. The van der Waals surface area contributed by atoms with Gasteiger partial charge >= 0.3 is 0 Å². The minimum Gasteiger partial charge on any atom is -0.339 e. The number of rotatable bonds is 2. The molecule has 0 aliphatic carbocycles. The van der Waals surface area contributed by atoms with E-state index in [1.807, 2.05) is 0 Å². The summed E-state index contributed by atoms with van der Waals surface area (Å²) in [5.41, 5.74) is 1.44. The second-order valence-corrected chi connectivity index (χ2v) is 8.20. The maximum absolute atomic E-state index is 12.3. The number of amides is 1. The molecule has 0 spiro atoms. The van der Waals surface area contributed by atoms with Crippen LogP contribution < -0.4 is 0 Å². The van der Waals surface area contributed by atoms with Crippen LogP contribution in [0.3, 0.4) is 0 Å². The van der Waals surface area contributed by atoms with Crippen LogP contribution in [0.1, 0.15) is 31.2 Å². The van der Waals surface area contributed by atoms with E-state index in [0.29, 0.717) is 23.8 Å². The Kier molecular flexibility index (Phi) is 3.78. The summed E-state index contributed by atoms with van der Waals surface area (Å²) in [5.74, 6) is 1.74. The Balaban J connectivity index is 1.37. The lowest BCUT2D eigenvalue weighted by Crippen LogP contribution is -2.60. The fourth-order valence-corrected chi connectivity index (χ4v) is 5.51. The van der Waals surface area contributed by atoms with E-state index in [9.17, 15) is 4.79 Å². The molecule has 3 heteroatoms. The van der Waals surface area contributed by atoms with Gasteiger partial charge in [-0.25, -0.2) is 0 Å². The summed E-state index contributed by atoms with van der Waals surface area (Å²) in [6.07, 6.45) is 4.39. The minimum atomic E-state index is 0.411. The van der Waals surface area contributed by atoms with Gasteiger partial charge in [-0.15, -0.1) is 0 Å². The van der Waals surface area contributed by atoms with Crippen LogP contribution in [0.4, 0.5) is 0 Å². The summed E-state index contributed by atoms with van der Waals surface area (Å²) in [6, 6.07) is 15.9. The summed E-state index contributed by atoms with van der Waals surface area (Å²) < 4.78 is 0. The van der Waals surface area contributed by atoms with Crippen molar-refractivity contribution >= 4 is 16.7 Å². The molecular formula is C22H26N2O. The number of nitrogens with zero attached hydrogens (tertiary/aromatic N) is 2. The van der Waals surface area contributed by atoms with Crippen LogP contribution in [0.5, 0.6) is 0 Å². The van der Waals surface area contributed by atoms with Gasteiger partial charge in [0.1, 0.15) is 0 Å². The molecule has 1 amide bonds. The average molecular weight is 334 g/mol. The second kappa shape index (κ2) is 6.14. The van der Waals surface area contributed by atoms with E-state index in [2.05, 4.69) is 52.3 Å². The molecule has 2 bridgehead atoms. The third kappa shape index (κ3) is 2.75. The Hall–Kier alpha value is -1.87. The number of likely N-dealkylation sites (tertiary alicyclic amines) is 1. The molecule has 0 radical (unpaired) electrons. The number of hydrogen-bond acceptors (Lipinski definition) is 2. The molecule has 130 valence electrons. The first-order valence-corrected chi connectivity index (χ1v) is 9.76. The van der Waals surface area contributed by atoms with Crippen molar-refractivity contribution in [3.05, 3.63) is 48.0 Å². The Morgan fingerprint density at radius 1 is 1.00 bits per heavy atom. The van der Waals surface area contributed by atoms with Crippen LogP contribution in [-0.4, -0.2) is 41.4 Å². The number of hydrogen-bond donors (Lipinski definition) is 0. The zero-order valence-corrected chi connectivity index (χ0v) is 14.7. The normalized spacial score (nSPS) is 29.7. The monoisotopic (exact) mass is 334 g/mol. The van der Waals surface area contributed by atoms with Crippen molar-refractivity contribution in [2.75, 3.05) is 19.6 Å². The predicted molar refractivity (Wildman–Crippen MR) is 100 cm³/mol. The van der Waals surface area contributed by atoms with E-state index >= 15 is 0 Å². The molecule has 2 aromatic rings. The molecule has 0 saturated carbocycles. The first kappa shape index (κ1) is 15.4. The standard InChI is InChI=1S/C22H26N2O/c25-22-10-4-9-21-19-11-16(13-24(21)22)12-23(15-19)14-18-7-3-6-17-5-1-2-8-20(17)18/h1-3,5-8,16,19,21H,4,9-15H2/t16-,19-,21-/m0/s1. The number of benzene rings is 2. The molecule has 0 unspecified atom stereocenters. The van der Waals surface area contributed by atoms with Crippen LogP contribution in [0, 0.1) is 11.8 Å². The van der Waals surface area contributed by atoms with Crippen molar-refractivity contribution in [3.63, 3.8) is 0 Å². The molecule has 25 heavy (non-hydrogen) atoms. The lowest BCUT2D eigenvalue weighted by atomic mass is 9.76. The highest BCUT2D eigenvalue weighted by Gasteiger charge is 2.43. The van der Waals surface area contributed by atoms with Crippen molar-refractivity contribution in [2.45, 2.75) is 38.3 Å². The zero-order chi connectivity index (χ0) is 16.8. The molecule has 3 nitrogen and oxygen atoms in total. The fraction of sp³-hybridized carbons (Fsp3) is 0.500. The third-order valence-corrected chi connectivity index (χ3v) is 6.53. The quantitative estimate of drug-likeness (QED) is 0.836. The SMILES string of the molecule is O=C1CCC[C@H]2[C@H]3C[C@@H](CN(Cc4cccc5ccccc45)C3)CN12. The maximum Gasteiger partial charge on any atom is 0.222 e. The maximum atomic E-state index is 12.3. The molecule has 3 aliphatic rings. The first-order chi connectivity index (χ1) is 12.3. The van der Waals surface area contributed by atoms with Gasteiger partial charge in [-0.05, 0) is 47.4 Å². The van der Waals surface area contributed by atoms with Gasteiger partial charge in [0, 0.05) is 38.6 Å². The fourth-order valence-electron chi connectivity index (χ4n) is 5.51. The predicted octanol–water partition coefficient (Wildman–Crippen LogP) is 3.67. The molecule has 2 aromatic carbocycles. The van der Waals surface area contributed by atoms with Crippen molar-refractivity contribution in [1.29, 1.82) is 0 Å². The third-order valence-electron chi connectivity index (χ3n) is 6.53. The second-order valence-electron chi connectivity index (χ2n) is 8.20. The van der Waals surface area contributed by atoms with Crippen molar-refractivity contribution in [3.8, 4) is 0 Å². The highest BCUT2D eigenvalue weighted by molar-refractivity contribution is 5.85. The molecule has 0 aromatic heterocycles. The van der Waals surface area contributed by atoms with Gasteiger partial charge in [0.05, 0.1) is 0 Å². The molecule has 3 atom stereocenters. The topological polar surface area (TPSA) is 23.6 Å². The average Bonchev–Trinajstić information content (AvgIpc) is 2.63. The number of carbonyl (C=O) groups is 1. The summed E-state index contributed by atoms with van der Waals surface area (Å²) in [7, 11) is 0.